The molecule has 0 radical (unpaired) electrons. The van der Waals surface area contributed by atoms with Gasteiger partial charge in [0.25, 0.3) is 0 Å². The zero-order valence-electron chi connectivity index (χ0n) is 9.58. The fraction of sp³-hybridized carbons (Fsp3) is 0.625. The van der Waals surface area contributed by atoms with Gasteiger partial charge in [0.05, 0.1) is 12.8 Å². The SMILES string of the molecule is Nc1cnc([C@@H]2O[C@H](COP(=O)(O)O)[C@@H](O)[C@H]2O)[nH]1. The molecular formula is C8H14N3O7P. The second-order valence-corrected chi connectivity index (χ2v) is 5.33. The lowest BCUT2D eigenvalue weighted by molar-refractivity contribution is -0.0245. The van der Waals surface area contributed by atoms with Crippen LogP contribution >= 0.6 is 7.82 Å². The predicted octanol–water partition coefficient (Wildman–Crippen LogP) is -1.74. The summed E-state index contributed by atoms with van der Waals surface area (Å²) in [5.41, 5.74) is 5.43. The molecule has 1 aliphatic rings. The van der Waals surface area contributed by atoms with Crippen molar-refractivity contribution in [2.24, 2.45) is 0 Å². The third-order valence-electron chi connectivity index (χ3n) is 2.65. The van der Waals surface area contributed by atoms with E-state index in [2.05, 4.69) is 14.5 Å². The van der Waals surface area contributed by atoms with Crippen molar-refractivity contribution in [2.45, 2.75) is 24.4 Å². The molecule has 1 fully saturated rings. The standard InChI is InChI=1S/C8H14N3O7P/c9-4-1-10-8(11-4)7-6(13)5(12)3(18-7)2-17-19(14,15)16/h1,3,5-7,12-13H,2,9H2,(H,10,11)(H2,14,15,16)/t3-,5-,6-,7-/m1/s1. The molecule has 1 aromatic rings. The number of phosphoric ester groups is 1. The second kappa shape index (κ2) is 5.17. The van der Waals surface area contributed by atoms with E-state index < -0.39 is 38.8 Å². The maximum absolute atomic E-state index is 10.6. The number of aliphatic hydroxyl groups excluding tert-OH is 2. The molecule has 1 saturated heterocycles. The largest absolute Gasteiger partial charge is 0.469 e. The van der Waals surface area contributed by atoms with Crippen LogP contribution in [0.3, 0.4) is 0 Å². The van der Waals surface area contributed by atoms with E-state index in [1.807, 2.05) is 0 Å². The van der Waals surface area contributed by atoms with Crippen molar-refractivity contribution in [1.82, 2.24) is 9.97 Å². The fourth-order valence-corrected chi connectivity index (χ4v) is 2.12. The molecule has 19 heavy (non-hydrogen) atoms. The number of imidazole rings is 1. The van der Waals surface area contributed by atoms with Crippen LogP contribution in [0.5, 0.6) is 0 Å². The smallest absolute Gasteiger partial charge is 0.387 e. The van der Waals surface area contributed by atoms with E-state index >= 15 is 0 Å². The number of H-pyrrole nitrogens is 1. The molecule has 11 heteroatoms. The molecule has 0 amide bonds. The van der Waals surface area contributed by atoms with E-state index in [1.54, 1.807) is 0 Å². The van der Waals surface area contributed by atoms with Gasteiger partial charge < -0.3 is 35.5 Å². The molecule has 108 valence electrons. The van der Waals surface area contributed by atoms with Gasteiger partial charge in [0.1, 0.15) is 36.1 Å². The Bertz CT molecular complexity index is 488. The Morgan fingerprint density at radius 2 is 2.16 bits per heavy atom. The number of hydrogen-bond acceptors (Lipinski definition) is 7. The van der Waals surface area contributed by atoms with Crippen LogP contribution in [-0.4, -0.2) is 54.9 Å². The van der Waals surface area contributed by atoms with E-state index in [1.165, 1.54) is 6.20 Å². The molecule has 2 rings (SSSR count). The van der Waals surface area contributed by atoms with Crippen LogP contribution < -0.4 is 5.73 Å². The van der Waals surface area contributed by atoms with E-state index in [-0.39, 0.29) is 11.6 Å². The lowest BCUT2D eigenvalue weighted by Crippen LogP contribution is -2.33. The summed E-state index contributed by atoms with van der Waals surface area (Å²) >= 11 is 0. The van der Waals surface area contributed by atoms with Crippen molar-refractivity contribution in [2.75, 3.05) is 12.3 Å². The van der Waals surface area contributed by atoms with Gasteiger partial charge in [0.15, 0.2) is 0 Å². The van der Waals surface area contributed by atoms with Gasteiger partial charge in [-0.1, -0.05) is 0 Å². The van der Waals surface area contributed by atoms with Gasteiger partial charge in [0, 0.05) is 0 Å². The summed E-state index contributed by atoms with van der Waals surface area (Å²) in [7, 11) is -4.67. The highest BCUT2D eigenvalue weighted by Gasteiger charge is 2.45. The first-order chi connectivity index (χ1) is 8.78. The lowest BCUT2D eigenvalue weighted by atomic mass is 10.1. The van der Waals surface area contributed by atoms with Crippen LogP contribution in [0.1, 0.15) is 11.9 Å². The van der Waals surface area contributed by atoms with Gasteiger partial charge in [-0.2, -0.15) is 0 Å². The highest BCUT2D eigenvalue weighted by Crippen LogP contribution is 2.39. The summed E-state index contributed by atoms with van der Waals surface area (Å²) in [5, 5.41) is 19.5. The highest BCUT2D eigenvalue weighted by molar-refractivity contribution is 7.46. The third-order valence-corrected chi connectivity index (χ3v) is 3.14. The number of hydrogen-bond donors (Lipinski definition) is 6. The average molecular weight is 295 g/mol. The summed E-state index contributed by atoms with van der Waals surface area (Å²) in [6.45, 7) is -0.560. The van der Waals surface area contributed by atoms with Crippen LogP contribution in [0.2, 0.25) is 0 Å². The summed E-state index contributed by atoms with van der Waals surface area (Å²) < 4.78 is 20.1. The molecule has 0 unspecified atom stereocenters. The zero-order valence-corrected chi connectivity index (χ0v) is 10.5. The van der Waals surface area contributed by atoms with Crippen molar-refractivity contribution in [3.05, 3.63) is 12.0 Å². The normalized spacial score (nSPS) is 31.8. The Morgan fingerprint density at radius 3 is 2.68 bits per heavy atom. The van der Waals surface area contributed by atoms with Crippen molar-refractivity contribution in [3.63, 3.8) is 0 Å². The van der Waals surface area contributed by atoms with Crippen molar-refractivity contribution >= 4 is 13.6 Å². The van der Waals surface area contributed by atoms with E-state index in [0.717, 1.165) is 0 Å². The average Bonchev–Trinajstić information content (AvgIpc) is 2.83. The number of nitrogens with zero attached hydrogens (tertiary/aromatic N) is 1. The van der Waals surface area contributed by atoms with Crippen molar-refractivity contribution in [1.29, 1.82) is 0 Å². The van der Waals surface area contributed by atoms with Gasteiger partial charge in [-0.05, 0) is 0 Å². The molecule has 0 aromatic carbocycles. The molecule has 7 N–H and O–H groups in total. The molecule has 1 aromatic heterocycles. The number of nitrogen functional groups attached to an aromatic ring is 1. The number of ether oxygens (including phenoxy) is 1. The molecule has 0 saturated carbocycles. The molecular weight excluding hydrogens is 281 g/mol. The summed E-state index contributed by atoms with van der Waals surface area (Å²) in [4.78, 5) is 23.6. The first-order valence-corrected chi connectivity index (χ1v) is 6.83. The first kappa shape index (κ1) is 14.4. The summed E-state index contributed by atoms with van der Waals surface area (Å²) in [5.74, 6) is 0.470. The topological polar surface area (TPSA) is 171 Å². The molecule has 1 aliphatic heterocycles. The number of phosphoric acid groups is 1. The van der Waals surface area contributed by atoms with Gasteiger partial charge in [-0.3, -0.25) is 4.52 Å². The van der Waals surface area contributed by atoms with Gasteiger partial charge in [0.2, 0.25) is 0 Å². The second-order valence-electron chi connectivity index (χ2n) is 4.09. The molecule has 0 aliphatic carbocycles. The first-order valence-electron chi connectivity index (χ1n) is 5.30. The monoisotopic (exact) mass is 295 g/mol. The van der Waals surface area contributed by atoms with Gasteiger partial charge in [-0.25, -0.2) is 9.55 Å². The molecule has 4 atom stereocenters. The van der Waals surface area contributed by atoms with E-state index in [4.69, 9.17) is 20.3 Å². The van der Waals surface area contributed by atoms with Crippen LogP contribution in [0.15, 0.2) is 6.20 Å². The van der Waals surface area contributed by atoms with Crippen LogP contribution in [0.4, 0.5) is 5.82 Å². The Morgan fingerprint density at radius 1 is 1.47 bits per heavy atom. The van der Waals surface area contributed by atoms with Crippen LogP contribution in [0.25, 0.3) is 0 Å². The minimum absolute atomic E-state index is 0.211. The van der Waals surface area contributed by atoms with Crippen molar-refractivity contribution < 1.29 is 33.8 Å². The van der Waals surface area contributed by atoms with Gasteiger partial charge in [-0.15, -0.1) is 0 Å². The number of aromatic amines is 1. The molecule has 0 spiro atoms. The number of anilines is 1. The van der Waals surface area contributed by atoms with Gasteiger partial charge >= 0.3 is 7.82 Å². The summed E-state index contributed by atoms with van der Waals surface area (Å²) in [6.07, 6.45) is -3.41. The lowest BCUT2D eigenvalue weighted by Gasteiger charge is -2.14. The predicted molar refractivity (Wildman–Crippen MR) is 60.6 cm³/mol. The van der Waals surface area contributed by atoms with Crippen LogP contribution in [0, 0.1) is 0 Å². The highest BCUT2D eigenvalue weighted by atomic mass is 31.2. The Hall–Kier alpha value is -1.00. The molecule has 10 nitrogen and oxygen atoms in total. The number of aliphatic hydroxyl groups is 2. The Balaban J connectivity index is 2.04. The van der Waals surface area contributed by atoms with E-state index in [0.29, 0.717) is 0 Å². The molecule has 0 bridgehead atoms. The van der Waals surface area contributed by atoms with Crippen molar-refractivity contribution in [3.8, 4) is 0 Å². The maximum atomic E-state index is 10.6. The van der Waals surface area contributed by atoms with E-state index in [9.17, 15) is 14.8 Å². The quantitative estimate of drug-likeness (QED) is 0.353. The molecule has 2 heterocycles. The summed E-state index contributed by atoms with van der Waals surface area (Å²) in [6, 6.07) is 0. The van der Waals surface area contributed by atoms with Crippen LogP contribution in [-0.2, 0) is 13.8 Å². The number of rotatable bonds is 4. The zero-order chi connectivity index (χ0) is 14.2. The Labute approximate surface area is 107 Å². The fourth-order valence-electron chi connectivity index (χ4n) is 1.78. The number of nitrogens with two attached hydrogens (primary N) is 1. The number of nitrogens with one attached hydrogen (secondary N) is 1. The minimum Gasteiger partial charge on any atom is -0.387 e. The minimum atomic E-state index is -4.67. The maximum Gasteiger partial charge on any atom is 0.469 e. The number of aromatic nitrogens is 2. The third kappa shape index (κ3) is 3.31. The Kier molecular flexibility index (Phi) is 3.92.